The molecule has 3 nitrogen and oxygen atoms in total. The van der Waals surface area contributed by atoms with Crippen LogP contribution in [0.2, 0.25) is 0 Å². The maximum Gasteiger partial charge on any atom is 0.0724 e. The van der Waals surface area contributed by atoms with Gasteiger partial charge in [0.05, 0.1) is 28.3 Å². The second-order valence-electron chi connectivity index (χ2n) is 11.3. The monoisotopic (exact) mass is 561 g/mol. The predicted molar refractivity (Wildman–Crippen MR) is 184 cm³/mol. The Bertz CT molecular complexity index is 2470. The van der Waals surface area contributed by atoms with E-state index < -0.39 is 0 Å². The molecular formula is C41H27N3. The molecule has 0 saturated carbocycles. The summed E-state index contributed by atoms with van der Waals surface area (Å²) in [4.78, 5) is 4.47. The highest BCUT2D eigenvalue weighted by molar-refractivity contribution is 6.12. The normalized spacial score (nSPS) is 11.6. The lowest BCUT2D eigenvalue weighted by Crippen LogP contribution is -1.94. The summed E-state index contributed by atoms with van der Waals surface area (Å²) in [5.74, 6) is 0. The van der Waals surface area contributed by atoms with Gasteiger partial charge in [-0.3, -0.25) is 4.98 Å². The zero-order valence-corrected chi connectivity index (χ0v) is 23.9. The van der Waals surface area contributed by atoms with E-state index >= 15 is 0 Å². The van der Waals surface area contributed by atoms with Gasteiger partial charge in [0.2, 0.25) is 0 Å². The van der Waals surface area contributed by atoms with Crippen molar-refractivity contribution in [1.29, 1.82) is 0 Å². The molecule has 0 fully saturated rings. The summed E-state index contributed by atoms with van der Waals surface area (Å²) in [6, 6.07) is 54.6. The Morgan fingerprint density at radius 3 is 1.55 bits per heavy atom. The lowest BCUT2D eigenvalue weighted by Gasteiger charge is -2.11. The van der Waals surface area contributed by atoms with Gasteiger partial charge >= 0.3 is 0 Å². The number of nitrogens with zero attached hydrogens (tertiary/aromatic N) is 3. The van der Waals surface area contributed by atoms with Gasteiger partial charge in [0, 0.05) is 39.1 Å². The van der Waals surface area contributed by atoms with Gasteiger partial charge in [-0.15, -0.1) is 0 Å². The SMILES string of the molecule is c1ccc(-c2ccc(-n3c4ccccc4c4ccc(-c5ccc6c7ccncc7n(-c7ccccc7)c6c5)cc43)cc2)cc1. The van der Waals surface area contributed by atoms with Crippen LogP contribution < -0.4 is 0 Å². The van der Waals surface area contributed by atoms with Crippen molar-refractivity contribution in [2.45, 2.75) is 0 Å². The fourth-order valence-electron chi connectivity index (χ4n) is 6.76. The molecule has 3 heterocycles. The third kappa shape index (κ3) is 3.80. The molecule has 9 rings (SSSR count). The summed E-state index contributed by atoms with van der Waals surface area (Å²) in [5, 5.41) is 4.94. The van der Waals surface area contributed by atoms with Crippen LogP contribution in [0.4, 0.5) is 0 Å². The van der Waals surface area contributed by atoms with Gasteiger partial charge in [-0.25, -0.2) is 0 Å². The van der Waals surface area contributed by atoms with Crippen molar-refractivity contribution < 1.29 is 0 Å². The molecule has 0 bridgehead atoms. The molecule has 0 spiro atoms. The molecule has 206 valence electrons. The number of hydrogen-bond donors (Lipinski definition) is 0. The molecule has 0 amide bonds. The fraction of sp³-hybridized carbons (Fsp3) is 0. The minimum Gasteiger partial charge on any atom is -0.309 e. The Morgan fingerprint density at radius 1 is 0.341 bits per heavy atom. The molecule has 6 aromatic carbocycles. The number of aromatic nitrogens is 3. The van der Waals surface area contributed by atoms with Crippen LogP contribution in [-0.4, -0.2) is 14.1 Å². The maximum atomic E-state index is 4.47. The van der Waals surface area contributed by atoms with Crippen molar-refractivity contribution >= 4 is 43.6 Å². The molecule has 0 saturated heterocycles. The molecule has 0 aliphatic carbocycles. The highest BCUT2D eigenvalue weighted by Gasteiger charge is 2.16. The topological polar surface area (TPSA) is 22.8 Å². The number of fused-ring (bicyclic) bond motifs is 6. The van der Waals surface area contributed by atoms with Gasteiger partial charge in [-0.05, 0) is 70.8 Å². The van der Waals surface area contributed by atoms with E-state index in [2.05, 4.69) is 166 Å². The lowest BCUT2D eigenvalue weighted by molar-refractivity contribution is 1.17. The van der Waals surface area contributed by atoms with Crippen LogP contribution in [0.15, 0.2) is 164 Å². The van der Waals surface area contributed by atoms with E-state index in [1.54, 1.807) is 0 Å². The van der Waals surface area contributed by atoms with Crippen LogP contribution in [0, 0.1) is 0 Å². The summed E-state index contributed by atoms with van der Waals surface area (Å²) >= 11 is 0. The molecule has 0 unspecified atom stereocenters. The van der Waals surface area contributed by atoms with E-state index in [1.807, 2.05) is 12.4 Å². The van der Waals surface area contributed by atoms with E-state index in [4.69, 9.17) is 0 Å². The number of hydrogen-bond acceptors (Lipinski definition) is 1. The average Bonchev–Trinajstić information content (AvgIpc) is 3.61. The summed E-state index contributed by atoms with van der Waals surface area (Å²) in [7, 11) is 0. The van der Waals surface area contributed by atoms with Crippen molar-refractivity contribution in [3.05, 3.63) is 164 Å². The van der Waals surface area contributed by atoms with E-state index in [1.165, 1.54) is 60.3 Å². The third-order valence-corrected chi connectivity index (χ3v) is 8.82. The predicted octanol–water partition coefficient (Wildman–Crippen LogP) is 10.6. The van der Waals surface area contributed by atoms with Gasteiger partial charge in [0.1, 0.15) is 0 Å². The molecule has 9 aromatic rings. The molecule has 0 radical (unpaired) electrons. The standard InChI is InChI=1S/C41H27N3/c1-3-9-28(10-4-1)29-15-19-33(20-16-29)43-38-14-8-7-13-34(38)35-21-17-30(25-39(35)43)31-18-22-36-37-23-24-42-27-41(37)44(40(36)26-31)32-11-5-2-6-12-32/h1-27H. The zero-order valence-electron chi connectivity index (χ0n) is 23.9. The Hall–Kier alpha value is -5.93. The van der Waals surface area contributed by atoms with Crippen LogP contribution in [0.5, 0.6) is 0 Å². The number of pyridine rings is 1. The van der Waals surface area contributed by atoms with Crippen molar-refractivity contribution in [3.8, 4) is 33.6 Å². The Morgan fingerprint density at radius 2 is 0.841 bits per heavy atom. The molecule has 0 aliphatic heterocycles. The van der Waals surface area contributed by atoms with E-state index in [9.17, 15) is 0 Å². The molecule has 3 aromatic heterocycles. The fourth-order valence-corrected chi connectivity index (χ4v) is 6.76. The first-order valence-electron chi connectivity index (χ1n) is 15.0. The van der Waals surface area contributed by atoms with E-state index in [-0.39, 0.29) is 0 Å². The van der Waals surface area contributed by atoms with Gasteiger partial charge in [-0.2, -0.15) is 0 Å². The molecule has 44 heavy (non-hydrogen) atoms. The lowest BCUT2D eigenvalue weighted by atomic mass is 10.0. The van der Waals surface area contributed by atoms with Crippen LogP contribution >= 0.6 is 0 Å². The van der Waals surface area contributed by atoms with Crippen molar-refractivity contribution in [2.75, 3.05) is 0 Å². The summed E-state index contributed by atoms with van der Waals surface area (Å²) in [6.07, 6.45) is 3.85. The first-order chi connectivity index (χ1) is 21.8. The maximum absolute atomic E-state index is 4.47. The van der Waals surface area contributed by atoms with E-state index in [0.29, 0.717) is 0 Å². The Balaban J connectivity index is 1.24. The summed E-state index contributed by atoms with van der Waals surface area (Å²) in [6.45, 7) is 0. The minimum absolute atomic E-state index is 1.11. The quantitative estimate of drug-likeness (QED) is 0.210. The first kappa shape index (κ1) is 24.6. The van der Waals surface area contributed by atoms with Gasteiger partial charge in [0.15, 0.2) is 0 Å². The molecule has 0 atom stereocenters. The smallest absolute Gasteiger partial charge is 0.0724 e. The Labute approximate surface area is 254 Å². The molecular weight excluding hydrogens is 534 g/mol. The van der Waals surface area contributed by atoms with Gasteiger partial charge < -0.3 is 9.13 Å². The van der Waals surface area contributed by atoms with Crippen LogP contribution in [-0.2, 0) is 0 Å². The highest BCUT2D eigenvalue weighted by atomic mass is 15.0. The van der Waals surface area contributed by atoms with Crippen molar-refractivity contribution in [2.24, 2.45) is 0 Å². The molecule has 0 N–H and O–H groups in total. The average molecular weight is 562 g/mol. The Kier molecular flexibility index (Phi) is 5.50. The molecule has 0 aliphatic rings. The van der Waals surface area contributed by atoms with Crippen molar-refractivity contribution in [3.63, 3.8) is 0 Å². The van der Waals surface area contributed by atoms with Crippen LogP contribution in [0.25, 0.3) is 77.2 Å². The van der Waals surface area contributed by atoms with Crippen LogP contribution in [0.1, 0.15) is 0 Å². The second kappa shape index (κ2) is 9.82. The van der Waals surface area contributed by atoms with Gasteiger partial charge in [-0.1, -0.05) is 103 Å². The third-order valence-electron chi connectivity index (χ3n) is 8.82. The number of benzene rings is 6. The largest absolute Gasteiger partial charge is 0.309 e. The molecule has 3 heteroatoms. The summed E-state index contributed by atoms with van der Waals surface area (Å²) in [5.41, 5.74) is 11.8. The summed E-state index contributed by atoms with van der Waals surface area (Å²) < 4.78 is 4.72. The number of rotatable bonds is 4. The van der Waals surface area contributed by atoms with Crippen LogP contribution in [0.3, 0.4) is 0 Å². The van der Waals surface area contributed by atoms with E-state index in [0.717, 1.165) is 16.9 Å². The minimum atomic E-state index is 1.11. The first-order valence-corrected chi connectivity index (χ1v) is 15.0. The number of para-hydroxylation sites is 2. The van der Waals surface area contributed by atoms with Crippen molar-refractivity contribution in [1.82, 2.24) is 14.1 Å². The highest BCUT2D eigenvalue weighted by Crippen LogP contribution is 2.38. The zero-order chi connectivity index (χ0) is 29.0. The second-order valence-corrected chi connectivity index (χ2v) is 11.3. The van der Waals surface area contributed by atoms with Gasteiger partial charge in [0.25, 0.3) is 0 Å².